The fourth-order valence-electron chi connectivity index (χ4n) is 3.72. The summed E-state index contributed by atoms with van der Waals surface area (Å²) >= 11 is 7.94. The van der Waals surface area contributed by atoms with Crippen LogP contribution in [0.2, 0.25) is 5.15 Å². The van der Waals surface area contributed by atoms with Crippen molar-refractivity contribution in [3.05, 3.63) is 141 Å². The number of nitrogens with zero attached hydrogens (tertiary/aromatic N) is 2. The molecule has 0 atom stereocenters. The Hall–Kier alpha value is -3.13. The van der Waals surface area contributed by atoms with Crippen molar-refractivity contribution in [1.29, 1.82) is 0 Å². The minimum absolute atomic E-state index is 0.400. The quantitative estimate of drug-likeness (QED) is 0.101. The minimum Gasteiger partial charge on any atom is -0.421 e. The molecule has 39 heavy (non-hydrogen) atoms. The first kappa shape index (κ1) is 30.4. The molecule has 0 saturated carbocycles. The van der Waals surface area contributed by atoms with Crippen molar-refractivity contribution in [2.45, 2.75) is 26.7 Å². The van der Waals surface area contributed by atoms with Gasteiger partial charge in [-0.1, -0.05) is 86.1 Å². The molecule has 0 bridgehead atoms. The standard InChI is InChI=1S/C19H17N.C7H7ClIN.C6H6BO2/c1-2-15-13-19(17-11-7-4-8-12-17)20-14-18(15)16-9-5-3-6-10-16;1-2-5-3-7(8)10-4-6(5)9;8-7(9)6-4-2-1-3-5-6/h3-14H,2H2,1H3;3-4H,2H2,1H3;1-4,8-9H/q;;+1. The molecule has 2 aromatic heterocycles. The van der Waals surface area contributed by atoms with E-state index in [1.165, 1.54) is 31.4 Å². The van der Waals surface area contributed by atoms with Crippen LogP contribution in [0.4, 0.5) is 0 Å². The Morgan fingerprint density at radius 3 is 1.97 bits per heavy atom. The molecule has 1 aliphatic carbocycles. The van der Waals surface area contributed by atoms with E-state index in [0.717, 1.165) is 18.5 Å². The van der Waals surface area contributed by atoms with E-state index in [1.54, 1.807) is 30.5 Å². The number of halogens is 2. The van der Waals surface area contributed by atoms with Crippen LogP contribution in [0, 0.1) is 9.65 Å². The van der Waals surface area contributed by atoms with Gasteiger partial charge in [0.05, 0.1) is 5.69 Å². The van der Waals surface area contributed by atoms with Gasteiger partial charge in [0.15, 0.2) is 0 Å². The predicted octanol–water partition coefficient (Wildman–Crippen LogP) is 7.73. The molecular formula is C32H30BClIN2O2+. The molecule has 2 heterocycles. The Balaban J connectivity index is 0.000000185. The van der Waals surface area contributed by atoms with Crippen molar-refractivity contribution in [2.75, 3.05) is 0 Å². The molecule has 0 unspecified atom stereocenters. The van der Waals surface area contributed by atoms with Crippen LogP contribution in [0.3, 0.4) is 0 Å². The lowest BCUT2D eigenvalue weighted by Gasteiger charge is -2.10. The first-order valence-corrected chi connectivity index (χ1v) is 14.1. The summed E-state index contributed by atoms with van der Waals surface area (Å²) in [6.45, 7) is 4.30. The van der Waals surface area contributed by atoms with Gasteiger partial charge in [-0.2, -0.15) is 0 Å². The number of pyridine rings is 2. The molecule has 4 nitrogen and oxygen atoms in total. The van der Waals surface area contributed by atoms with E-state index in [9.17, 15) is 0 Å². The molecule has 2 N–H and O–H groups in total. The highest BCUT2D eigenvalue weighted by atomic mass is 127. The maximum absolute atomic E-state index is 8.55. The van der Waals surface area contributed by atoms with Gasteiger partial charge in [0.25, 0.3) is 0 Å². The lowest BCUT2D eigenvalue weighted by atomic mass is 9.78. The van der Waals surface area contributed by atoms with Crippen molar-refractivity contribution in [3.63, 3.8) is 0 Å². The van der Waals surface area contributed by atoms with E-state index in [1.807, 2.05) is 36.5 Å². The Kier molecular flexibility index (Phi) is 12.5. The second kappa shape index (κ2) is 16.1. The van der Waals surface area contributed by atoms with Gasteiger partial charge in [0.1, 0.15) is 16.7 Å². The third-order valence-electron chi connectivity index (χ3n) is 5.82. The normalized spacial score (nSPS) is 11.3. The van der Waals surface area contributed by atoms with Crippen LogP contribution in [-0.4, -0.2) is 27.1 Å². The molecule has 0 saturated heterocycles. The summed E-state index contributed by atoms with van der Waals surface area (Å²) in [5.41, 5.74) is 7.68. The molecule has 0 spiro atoms. The minimum atomic E-state index is -1.40. The van der Waals surface area contributed by atoms with Crippen molar-refractivity contribution in [3.8, 4) is 22.4 Å². The Morgan fingerprint density at radius 2 is 1.46 bits per heavy atom. The third-order valence-corrected chi connectivity index (χ3v) is 7.00. The van der Waals surface area contributed by atoms with Crippen molar-refractivity contribution in [2.24, 2.45) is 0 Å². The molecule has 196 valence electrons. The maximum Gasteiger partial charge on any atom is 0.526 e. The van der Waals surface area contributed by atoms with E-state index in [4.69, 9.17) is 21.6 Å². The molecule has 1 aliphatic rings. The average Bonchev–Trinajstić information content (AvgIpc) is 3.00. The van der Waals surface area contributed by atoms with Crippen LogP contribution < -0.4 is 0 Å². The number of aromatic nitrogens is 2. The largest absolute Gasteiger partial charge is 0.526 e. The molecule has 0 fully saturated rings. The van der Waals surface area contributed by atoms with Crippen molar-refractivity contribution in [1.82, 2.24) is 9.97 Å². The highest BCUT2D eigenvalue weighted by Gasteiger charge is 2.19. The summed E-state index contributed by atoms with van der Waals surface area (Å²) in [6, 6.07) is 24.9. The lowest BCUT2D eigenvalue weighted by Crippen LogP contribution is -2.14. The van der Waals surface area contributed by atoms with E-state index >= 15 is 0 Å². The zero-order valence-corrected chi connectivity index (χ0v) is 24.8. The van der Waals surface area contributed by atoms with Gasteiger partial charge < -0.3 is 10.0 Å². The van der Waals surface area contributed by atoms with Crippen LogP contribution in [0.25, 0.3) is 22.4 Å². The Morgan fingerprint density at radius 1 is 0.821 bits per heavy atom. The highest BCUT2D eigenvalue weighted by Crippen LogP contribution is 2.27. The van der Waals surface area contributed by atoms with E-state index in [-0.39, 0.29) is 0 Å². The van der Waals surface area contributed by atoms with Crippen LogP contribution in [-0.2, 0) is 12.8 Å². The summed E-state index contributed by atoms with van der Waals surface area (Å²) in [6.07, 6.45) is 15.2. The second-order valence-corrected chi connectivity index (χ2v) is 10.0. The topological polar surface area (TPSA) is 66.2 Å². The molecule has 4 aromatic rings. The van der Waals surface area contributed by atoms with Crippen LogP contribution >= 0.6 is 34.2 Å². The van der Waals surface area contributed by atoms with E-state index < -0.39 is 7.12 Å². The van der Waals surface area contributed by atoms with E-state index in [2.05, 4.69) is 94.9 Å². The highest BCUT2D eigenvalue weighted by molar-refractivity contribution is 14.1. The van der Waals surface area contributed by atoms with Crippen LogP contribution in [0.1, 0.15) is 25.0 Å². The summed E-state index contributed by atoms with van der Waals surface area (Å²) in [4.78, 5) is 8.58. The Bertz CT molecular complexity index is 1430. The van der Waals surface area contributed by atoms with Crippen molar-refractivity contribution >= 4 is 41.3 Å². The molecule has 2 aromatic carbocycles. The number of rotatable bonds is 5. The summed E-state index contributed by atoms with van der Waals surface area (Å²) in [7, 11) is -1.40. The monoisotopic (exact) mass is 647 g/mol. The Labute approximate surface area is 250 Å². The van der Waals surface area contributed by atoms with Gasteiger partial charge in [0.2, 0.25) is 0 Å². The van der Waals surface area contributed by atoms with Gasteiger partial charge in [0, 0.05) is 51.4 Å². The fourth-order valence-corrected chi connectivity index (χ4v) is 4.58. The van der Waals surface area contributed by atoms with Crippen LogP contribution in [0.15, 0.2) is 115 Å². The van der Waals surface area contributed by atoms with Crippen LogP contribution in [0.5, 0.6) is 0 Å². The zero-order chi connectivity index (χ0) is 28.0. The number of hydrogen-bond acceptors (Lipinski definition) is 4. The zero-order valence-electron chi connectivity index (χ0n) is 21.9. The number of allylic oxidation sites excluding steroid dienone is 6. The maximum atomic E-state index is 8.55. The molecular weight excluding hydrogens is 618 g/mol. The number of hydrogen-bond donors (Lipinski definition) is 2. The van der Waals surface area contributed by atoms with Gasteiger partial charge in [-0.05, 0) is 64.3 Å². The summed E-state index contributed by atoms with van der Waals surface area (Å²) in [5, 5.41) is 17.7. The lowest BCUT2D eigenvalue weighted by molar-refractivity contribution is 0.420. The molecule has 0 aliphatic heterocycles. The number of aryl methyl sites for hydroxylation is 2. The van der Waals surface area contributed by atoms with Gasteiger partial charge in [-0.3, -0.25) is 4.98 Å². The SMILES string of the molecule is CCc1cc(-c2ccccc2)ncc1-c1ccccc1.CCc1cc(Cl)ncc1I.OB(O)C1=CC=CC=[C+]1. The van der Waals surface area contributed by atoms with Gasteiger partial charge >= 0.3 is 7.12 Å². The molecule has 5 rings (SSSR count). The number of benzene rings is 2. The fraction of sp³-hybridized carbons (Fsp3) is 0.125. The van der Waals surface area contributed by atoms with Gasteiger partial charge in [-0.25, -0.2) is 4.98 Å². The van der Waals surface area contributed by atoms with E-state index in [0.29, 0.717) is 10.6 Å². The predicted molar refractivity (Wildman–Crippen MR) is 171 cm³/mol. The molecule has 7 heteroatoms. The summed E-state index contributed by atoms with van der Waals surface area (Å²) < 4.78 is 1.18. The van der Waals surface area contributed by atoms with Gasteiger partial charge in [-0.15, -0.1) is 0 Å². The van der Waals surface area contributed by atoms with Crippen molar-refractivity contribution < 1.29 is 10.0 Å². The first-order valence-electron chi connectivity index (χ1n) is 12.6. The second-order valence-electron chi connectivity index (χ2n) is 8.46. The molecule has 0 amide bonds. The molecule has 0 radical (unpaired) electrons. The average molecular weight is 648 g/mol. The third kappa shape index (κ3) is 9.53. The first-order chi connectivity index (χ1) is 18.9. The smallest absolute Gasteiger partial charge is 0.421 e. The summed E-state index contributed by atoms with van der Waals surface area (Å²) in [5.74, 6) is 0.